The summed E-state index contributed by atoms with van der Waals surface area (Å²) < 4.78 is 0. The average molecular weight is 1830 g/mol. The van der Waals surface area contributed by atoms with Crippen molar-refractivity contribution in [3.05, 3.63) is 36.4 Å². The zero-order valence-corrected chi connectivity index (χ0v) is 88.7. The lowest BCUT2D eigenvalue weighted by Crippen LogP contribution is -1.94. The number of hydrogen-bond acceptors (Lipinski definition) is 7. The molecule has 0 saturated carbocycles. The van der Waals surface area contributed by atoms with Crippen LogP contribution in [0.2, 0.25) is 0 Å². The first kappa shape index (κ1) is 116. The molecule has 0 fully saturated rings. The van der Waals surface area contributed by atoms with Gasteiger partial charge in [-0.15, -0.1) is 70.6 Å². The van der Waals surface area contributed by atoms with Gasteiger partial charge < -0.3 is 5.11 Å². The highest BCUT2D eigenvalue weighted by atomic mass is 32.2. The molecule has 1 nitrogen and oxygen atoms in total. The molecule has 0 spiro atoms. The van der Waals surface area contributed by atoms with E-state index < -0.39 is 0 Å². The van der Waals surface area contributed by atoms with Crippen LogP contribution in [0.15, 0.2) is 65.8 Å². The van der Waals surface area contributed by atoms with Gasteiger partial charge >= 0.3 is 0 Å². The molecule has 0 aliphatic carbocycles. The van der Waals surface area contributed by atoms with Crippen LogP contribution in [0.25, 0.3) is 32.3 Å². The molecule has 124 heavy (non-hydrogen) atoms. The monoisotopic (exact) mass is 1820 g/mol. The van der Waals surface area contributed by atoms with Gasteiger partial charge in [0, 0.05) is 36.0 Å². The lowest BCUT2D eigenvalue weighted by molar-refractivity contribution is 0.282. The van der Waals surface area contributed by atoms with Crippen LogP contribution in [0.4, 0.5) is 0 Å². The summed E-state index contributed by atoms with van der Waals surface area (Å²) in [6, 6.07) is 16.8. The van der Waals surface area contributed by atoms with Crippen molar-refractivity contribution in [3.63, 3.8) is 0 Å². The maximum Gasteiger partial charge on any atom is 0.0431 e. The van der Waals surface area contributed by atoms with Crippen molar-refractivity contribution in [1.29, 1.82) is 0 Å². The first-order chi connectivity index (χ1) is 61.6. The van der Waals surface area contributed by atoms with Crippen LogP contribution in [0.1, 0.15) is 593 Å². The number of unbranched alkanes of at least 4 members (excludes halogenated alkanes) is 81. The third-order valence-corrected chi connectivity index (χ3v) is 34.7. The normalized spacial score (nSPS) is 12.0. The van der Waals surface area contributed by atoms with Crippen LogP contribution >= 0.6 is 70.6 Å². The second-order valence-corrected chi connectivity index (χ2v) is 46.2. The molecular weight excluding hydrogens is 1610 g/mol. The fourth-order valence-electron chi connectivity index (χ4n) is 19.1. The number of aliphatic hydroxyl groups excluding tert-OH is 1. The molecule has 4 aromatic rings. The van der Waals surface area contributed by atoms with Crippen molar-refractivity contribution < 1.29 is 5.11 Å². The third kappa shape index (κ3) is 64.6. The van der Waals surface area contributed by atoms with Gasteiger partial charge in [-0.3, -0.25) is 0 Å². The largest absolute Gasteiger partial charge is 0.396 e. The summed E-state index contributed by atoms with van der Waals surface area (Å²) in [6.45, 7) is 12.1. The summed E-state index contributed by atoms with van der Waals surface area (Å²) in [6.07, 6.45) is 123. The Balaban J connectivity index is 1.70. The Morgan fingerprint density at radius 1 is 0.129 bits per heavy atom. The fourth-order valence-corrected chi connectivity index (χ4v) is 26.0. The molecule has 0 atom stereocenters. The summed E-state index contributed by atoms with van der Waals surface area (Å²) >= 11 is 13.4. The average Bonchev–Trinajstić information content (AvgIpc) is 0.725. The molecule has 4 aromatic carbocycles. The number of rotatable bonds is 100. The molecule has 720 valence electrons. The number of benzene rings is 4. The molecule has 0 radical (unpaired) electrons. The van der Waals surface area contributed by atoms with Gasteiger partial charge in [0.1, 0.15) is 0 Å². The molecule has 0 aliphatic rings. The first-order valence-electron chi connectivity index (χ1n) is 56.5. The molecule has 0 heterocycles. The van der Waals surface area contributed by atoms with Crippen LogP contribution in [-0.4, -0.2) is 46.2 Å². The molecule has 0 amide bonds. The van der Waals surface area contributed by atoms with Gasteiger partial charge in [-0.05, 0) is 148 Å². The van der Waals surface area contributed by atoms with Gasteiger partial charge in [0.15, 0.2) is 0 Å². The second-order valence-electron chi connectivity index (χ2n) is 39.3. The third-order valence-electron chi connectivity index (χ3n) is 27.5. The lowest BCUT2D eigenvalue weighted by atomic mass is 9.94. The van der Waals surface area contributed by atoms with E-state index in [4.69, 9.17) is 5.11 Å². The van der Waals surface area contributed by atoms with Gasteiger partial charge in [0.25, 0.3) is 0 Å². The van der Waals surface area contributed by atoms with Crippen LogP contribution in [0.5, 0.6) is 0 Å². The zero-order chi connectivity index (χ0) is 87.9. The molecule has 1 N–H and O–H groups in total. The molecule has 0 unspecified atom stereocenters. The van der Waals surface area contributed by atoms with Gasteiger partial charge in [0.05, 0.1) is 0 Å². The molecular formula is C117H210OS6. The summed E-state index contributed by atoms with van der Waals surface area (Å²) in [5.41, 5.74) is 0. The SMILES string of the molecule is CCCCCCCCCCCCCCCCSc1cc2c3cc(SCCCCCCCCCCCCCCCC)c(SCCCCCCCCCCCCCCCC)cc3c3cc(SCCCCCCCCCCCCCCCCCCCO)c(SCCCCCCCCCCCCCCCC)cc3c2cc1SCCCCCCCCCCCCCCCC. The highest BCUT2D eigenvalue weighted by Crippen LogP contribution is 2.48. The van der Waals surface area contributed by atoms with E-state index in [2.05, 4.69) is 142 Å². The van der Waals surface area contributed by atoms with Crippen molar-refractivity contribution in [3.8, 4) is 0 Å². The van der Waals surface area contributed by atoms with E-state index in [0.717, 1.165) is 6.42 Å². The Bertz CT molecular complexity index is 2460. The Morgan fingerprint density at radius 2 is 0.218 bits per heavy atom. The quantitative estimate of drug-likeness (QED) is 0.0267. The maximum absolute atomic E-state index is 9.12. The maximum atomic E-state index is 9.12. The predicted molar refractivity (Wildman–Crippen MR) is 580 cm³/mol. The number of hydrogen-bond donors (Lipinski definition) is 1. The Morgan fingerprint density at radius 3 is 0.315 bits per heavy atom. The molecule has 7 heteroatoms. The van der Waals surface area contributed by atoms with E-state index in [9.17, 15) is 0 Å². The molecule has 0 aliphatic heterocycles. The number of fused-ring (bicyclic) bond motifs is 6. The van der Waals surface area contributed by atoms with Gasteiger partial charge in [-0.2, -0.15) is 0 Å². The smallest absolute Gasteiger partial charge is 0.0431 e. The van der Waals surface area contributed by atoms with E-state index in [1.807, 2.05) is 0 Å². The van der Waals surface area contributed by atoms with Crippen molar-refractivity contribution in [2.24, 2.45) is 0 Å². The van der Waals surface area contributed by atoms with E-state index in [1.165, 1.54) is 619 Å². The number of aliphatic hydroxyl groups is 1. The minimum atomic E-state index is 0.362. The Kier molecular flexibility index (Phi) is 84.7. The molecule has 0 aromatic heterocycles. The minimum Gasteiger partial charge on any atom is -0.396 e. The van der Waals surface area contributed by atoms with Gasteiger partial charge in [-0.1, -0.05) is 548 Å². The van der Waals surface area contributed by atoms with E-state index in [1.54, 1.807) is 29.4 Å². The van der Waals surface area contributed by atoms with Gasteiger partial charge in [0.2, 0.25) is 0 Å². The van der Waals surface area contributed by atoms with Crippen LogP contribution in [0.3, 0.4) is 0 Å². The van der Waals surface area contributed by atoms with Crippen LogP contribution in [-0.2, 0) is 0 Å². The summed E-state index contributed by atoms with van der Waals surface area (Å²) in [7, 11) is 0. The summed E-state index contributed by atoms with van der Waals surface area (Å²) in [5, 5.41) is 18.3. The van der Waals surface area contributed by atoms with Crippen LogP contribution < -0.4 is 0 Å². The van der Waals surface area contributed by atoms with E-state index in [-0.39, 0.29) is 0 Å². The Labute approximate surface area is 801 Å². The minimum absolute atomic E-state index is 0.362. The molecule has 0 saturated heterocycles. The summed E-state index contributed by atoms with van der Waals surface area (Å²) in [5.74, 6) is 7.39. The van der Waals surface area contributed by atoms with Crippen molar-refractivity contribution in [1.82, 2.24) is 0 Å². The van der Waals surface area contributed by atoms with E-state index >= 15 is 0 Å². The van der Waals surface area contributed by atoms with Crippen molar-refractivity contribution >= 4 is 103 Å². The van der Waals surface area contributed by atoms with Crippen LogP contribution in [0, 0.1) is 0 Å². The summed E-state index contributed by atoms with van der Waals surface area (Å²) in [4.78, 5) is 9.44. The van der Waals surface area contributed by atoms with Crippen molar-refractivity contribution in [2.75, 3.05) is 41.1 Å². The zero-order valence-electron chi connectivity index (χ0n) is 83.8. The highest BCUT2D eigenvalue weighted by Gasteiger charge is 2.20. The van der Waals surface area contributed by atoms with Crippen molar-refractivity contribution in [2.45, 2.75) is 623 Å². The molecule has 0 bridgehead atoms. The van der Waals surface area contributed by atoms with Gasteiger partial charge in [-0.25, -0.2) is 0 Å². The molecule has 4 rings (SSSR count). The number of thioether (sulfide) groups is 6. The fraction of sp³-hybridized carbons (Fsp3) is 0.846. The highest BCUT2D eigenvalue weighted by molar-refractivity contribution is 8.03. The topological polar surface area (TPSA) is 20.2 Å². The Hall–Kier alpha value is -0.280. The first-order valence-corrected chi connectivity index (χ1v) is 62.4. The lowest BCUT2D eigenvalue weighted by Gasteiger charge is -2.20. The van der Waals surface area contributed by atoms with E-state index in [0.29, 0.717) is 6.61 Å². The second kappa shape index (κ2) is 90.5. The predicted octanol–water partition coefficient (Wildman–Crippen LogP) is 44.7. The standard InChI is InChI=1S/C117H210OS6/c1-6-11-16-21-26-31-36-41-52-59-66-73-80-87-94-119-112-100-106-107-101-113(120-95-88-81-74-67-60-53-42-37-32-27-22-17-12-7-2)115(122-97-90-83-76-69-62-55-44-39-34-29-24-19-14-9-4)103-109(107)111-105-117(124-99-92-85-78-71-64-57-50-48-46-47-49-51-58-65-72-79-86-93-118)116(123-98-91-84-77-70-63-56-45-40-35-30-25-20-15-10-5)104-110(111)108(106)102-114(112)121-96-89-82-75-68-61-54-43-38-33-28-23-18-13-8-3/h100-105,118H,6-99H2,1-5H3.